The summed E-state index contributed by atoms with van der Waals surface area (Å²) < 4.78 is 36.7. The number of nitrogens with one attached hydrogen (secondary N) is 2. The first-order valence-electron chi connectivity index (χ1n) is 9.42. The Bertz CT molecular complexity index is 969. The molecule has 7 nitrogen and oxygen atoms in total. The molecule has 1 atom stereocenters. The molecule has 0 bridgehead atoms. The van der Waals surface area contributed by atoms with Gasteiger partial charge in [-0.1, -0.05) is 24.3 Å². The lowest BCUT2D eigenvalue weighted by Crippen LogP contribution is -2.44. The standard InChI is InChI=1S/C20H26FN5O2S.HI/c1-22-20(24-12-15-5-7-16(8-6-15)14-29(2,27)28)25-17-9-11-26(13-17)19-18(21)4-3-10-23-19;/h3-8,10,17H,9,11-14H2,1-2H3,(H2,22,24,25);1H. The number of benzene rings is 1. The maximum Gasteiger partial charge on any atom is 0.191 e. The third kappa shape index (κ3) is 7.08. The van der Waals surface area contributed by atoms with Gasteiger partial charge < -0.3 is 15.5 Å². The van der Waals surface area contributed by atoms with E-state index in [2.05, 4.69) is 20.6 Å². The van der Waals surface area contributed by atoms with Crippen LogP contribution in [0.25, 0.3) is 0 Å². The van der Waals surface area contributed by atoms with Crippen LogP contribution in [0, 0.1) is 5.82 Å². The molecule has 0 spiro atoms. The van der Waals surface area contributed by atoms with Crippen LogP contribution in [0.1, 0.15) is 17.5 Å². The summed E-state index contributed by atoms with van der Waals surface area (Å²) in [7, 11) is -1.33. The monoisotopic (exact) mass is 547 g/mol. The fraction of sp³-hybridized carbons (Fsp3) is 0.400. The largest absolute Gasteiger partial charge is 0.352 e. The topological polar surface area (TPSA) is 86.7 Å². The summed E-state index contributed by atoms with van der Waals surface area (Å²) in [6, 6.07) is 10.6. The van der Waals surface area contributed by atoms with Gasteiger partial charge in [-0.15, -0.1) is 24.0 Å². The molecule has 10 heteroatoms. The van der Waals surface area contributed by atoms with Crippen LogP contribution in [0.4, 0.5) is 10.2 Å². The van der Waals surface area contributed by atoms with Gasteiger partial charge in [-0.3, -0.25) is 4.99 Å². The van der Waals surface area contributed by atoms with Crippen LogP contribution >= 0.6 is 24.0 Å². The number of halogens is 2. The Kier molecular flexibility index (Phi) is 8.83. The third-order valence-corrected chi connectivity index (χ3v) is 5.56. The van der Waals surface area contributed by atoms with E-state index in [0.717, 1.165) is 24.1 Å². The molecule has 164 valence electrons. The van der Waals surface area contributed by atoms with Gasteiger partial charge in [-0.25, -0.2) is 17.8 Å². The quantitative estimate of drug-likeness (QED) is 0.328. The highest BCUT2D eigenvalue weighted by Gasteiger charge is 2.25. The van der Waals surface area contributed by atoms with E-state index in [0.29, 0.717) is 24.9 Å². The summed E-state index contributed by atoms with van der Waals surface area (Å²) in [4.78, 5) is 10.3. The summed E-state index contributed by atoms with van der Waals surface area (Å²) in [5.74, 6) is 0.779. The summed E-state index contributed by atoms with van der Waals surface area (Å²) in [6.07, 6.45) is 3.68. The number of anilines is 1. The van der Waals surface area contributed by atoms with Gasteiger partial charge in [0.05, 0.1) is 5.75 Å². The van der Waals surface area contributed by atoms with Crippen molar-refractivity contribution in [3.8, 4) is 0 Å². The van der Waals surface area contributed by atoms with Crippen molar-refractivity contribution < 1.29 is 12.8 Å². The lowest BCUT2D eigenvalue weighted by Gasteiger charge is -2.20. The molecule has 0 radical (unpaired) electrons. The Balaban J connectivity index is 0.00000320. The molecule has 1 unspecified atom stereocenters. The summed E-state index contributed by atoms with van der Waals surface area (Å²) >= 11 is 0. The molecule has 1 fully saturated rings. The van der Waals surface area contributed by atoms with E-state index in [4.69, 9.17) is 0 Å². The van der Waals surface area contributed by atoms with Gasteiger partial charge in [0.25, 0.3) is 0 Å². The minimum absolute atomic E-state index is 0. The zero-order chi connectivity index (χ0) is 20.9. The summed E-state index contributed by atoms with van der Waals surface area (Å²) in [5.41, 5.74) is 1.79. The zero-order valence-corrected chi connectivity index (χ0v) is 20.2. The van der Waals surface area contributed by atoms with E-state index in [-0.39, 0.29) is 41.6 Å². The van der Waals surface area contributed by atoms with Crippen molar-refractivity contribution in [2.75, 3.05) is 31.3 Å². The van der Waals surface area contributed by atoms with Crippen molar-refractivity contribution in [2.45, 2.75) is 24.8 Å². The van der Waals surface area contributed by atoms with Crippen LogP contribution in [0.5, 0.6) is 0 Å². The second-order valence-corrected chi connectivity index (χ2v) is 9.34. The van der Waals surface area contributed by atoms with E-state index >= 15 is 0 Å². The molecule has 0 saturated carbocycles. The molecule has 2 N–H and O–H groups in total. The van der Waals surface area contributed by atoms with Crippen molar-refractivity contribution in [3.05, 3.63) is 59.5 Å². The zero-order valence-electron chi connectivity index (χ0n) is 17.0. The Hall–Kier alpha value is -1.95. The summed E-state index contributed by atoms with van der Waals surface area (Å²) in [6.45, 7) is 1.93. The average molecular weight is 547 g/mol. The highest BCUT2D eigenvalue weighted by molar-refractivity contribution is 14.0. The first-order valence-corrected chi connectivity index (χ1v) is 11.5. The van der Waals surface area contributed by atoms with Gasteiger partial charge >= 0.3 is 0 Å². The van der Waals surface area contributed by atoms with Gasteiger partial charge in [0, 0.05) is 45.2 Å². The number of hydrogen-bond donors (Lipinski definition) is 2. The Morgan fingerprint density at radius 1 is 1.27 bits per heavy atom. The molecular weight excluding hydrogens is 520 g/mol. The van der Waals surface area contributed by atoms with Crippen molar-refractivity contribution in [3.63, 3.8) is 0 Å². The van der Waals surface area contributed by atoms with E-state index < -0.39 is 9.84 Å². The van der Waals surface area contributed by atoms with Gasteiger partial charge in [0.1, 0.15) is 0 Å². The second-order valence-electron chi connectivity index (χ2n) is 7.20. The number of aliphatic imine (C=N–C) groups is 1. The van der Waals surface area contributed by atoms with Crippen molar-refractivity contribution in [1.82, 2.24) is 15.6 Å². The first kappa shape index (κ1) is 24.3. The molecule has 3 rings (SSSR count). The van der Waals surface area contributed by atoms with Crippen molar-refractivity contribution >= 4 is 45.6 Å². The normalized spacial score (nSPS) is 16.8. The third-order valence-electron chi connectivity index (χ3n) is 4.70. The fourth-order valence-corrected chi connectivity index (χ4v) is 4.11. The molecular formula is C20H27FIN5O2S. The molecule has 0 amide bonds. The van der Waals surface area contributed by atoms with Crippen LogP contribution in [-0.2, 0) is 22.1 Å². The smallest absolute Gasteiger partial charge is 0.191 e. The minimum Gasteiger partial charge on any atom is -0.352 e. The van der Waals surface area contributed by atoms with Crippen LogP contribution in [0.15, 0.2) is 47.6 Å². The number of pyridine rings is 1. The summed E-state index contributed by atoms with van der Waals surface area (Å²) in [5, 5.41) is 6.62. The molecule has 1 aromatic carbocycles. The number of guanidine groups is 1. The van der Waals surface area contributed by atoms with Gasteiger partial charge in [0.15, 0.2) is 27.4 Å². The lowest BCUT2D eigenvalue weighted by atomic mass is 10.1. The predicted molar refractivity (Wildman–Crippen MR) is 129 cm³/mol. The van der Waals surface area contributed by atoms with Crippen molar-refractivity contribution in [1.29, 1.82) is 0 Å². The van der Waals surface area contributed by atoms with Crippen LogP contribution < -0.4 is 15.5 Å². The van der Waals surface area contributed by atoms with Crippen LogP contribution in [-0.4, -0.2) is 51.8 Å². The number of sulfone groups is 1. The average Bonchev–Trinajstić information content (AvgIpc) is 3.13. The van der Waals surface area contributed by atoms with Crippen LogP contribution in [0.3, 0.4) is 0 Å². The first-order chi connectivity index (χ1) is 13.8. The van der Waals surface area contributed by atoms with Gasteiger partial charge in [-0.2, -0.15) is 0 Å². The number of rotatable bonds is 6. The van der Waals surface area contributed by atoms with Crippen molar-refractivity contribution in [2.24, 2.45) is 4.99 Å². The molecule has 2 heterocycles. The maximum atomic E-state index is 13.9. The molecule has 1 aliphatic rings. The number of aromatic nitrogens is 1. The molecule has 1 aromatic heterocycles. The highest BCUT2D eigenvalue weighted by Crippen LogP contribution is 2.20. The van der Waals surface area contributed by atoms with E-state index in [1.54, 1.807) is 19.3 Å². The van der Waals surface area contributed by atoms with Crippen LogP contribution in [0.2, 0.25) is 0 Å². The maximum absolute atomic E-state index is 13.9. The lowest BCUT2D eigenvalue weighted by molar-refractivity contribution is 0.601. The van der Waals surface area contributed by atoms with Gasteiger partial charge in [0.2, 0.25) is 0 Å². The van der Waals surface area contributed by atoms with E-state index in [9.17, 15) is 12.8 Å². The Morgan fingerprint density at radius 3 is 2.60 bits per heavy atom. The highest BCUT2D eigenvalue weighted by atomic mass is 127. The molecule has 2 aromatic rings. The second kappa shape index (κ2) is 10.9. The number of nitrogens with zero attached hydrogens (tertiary/aromatic N) is 3. The predicted octanol–water partition coefficient (Wildman–Crippen LogP) is 2.33. The minimum atomic E-state index is -3.04. The molecule has 1 aliphatic heterocycles. The molecule has 30 heavy (non-hydrogen) atoms. The Morgan fingerprint density at radius 2 is 1.97 bits per heavy atom. The van der Waals surface area contributed by atoms with E-state index in [1.165, 1.54) is 12.3 Å². The Labute approximate surface area is 194 Å². The number of hydrogen-bond acceptors (Lipinski definition) is 5. The van der Waals surface area contributed by atoms with E-state index in [1.807, 2.05) is 29.2 Å². The molecule has 0 aliphatic carbocycles. The van der Waals surface area contributed by atoms with Gasteiger partial charge in [-0.05, 0) is 29.7 Å². The fourth-order valence-electron chi connectivity index (χ4n) is 3.31. The SMILES string of the molecule is CN=C(NCc1ccc(CS(C)(=O)=O)cc1)NC1CCN(c2ncccc2F)C1.I. The molecule has 1 saturated heterocycles.